The fourth-order valence-corrected chi connectivity index (χ4v) is 2.97. The lowest BCUT2D eigenvalue weighted by Gasteiger charge is -2.24. The predicted octanol–water partition coefficient (Wildman–Crippen LogP) is 3.78. The van der Waals surface area contributed by atoms with E-state index < -0.39 is 0 Å². The molecule has 0 bridgehead atoms. The van der Waals surface area contributed by atoms with Crippen LogP contribution < -0.4 is 14.8 Å². The van der Waals surface area contributed by atoms with E-state index in [9.17, 15) is 10.0 Å². The molecule has 0 radical (unpaired) electrons. The lowest BCUT2D eigenvalue weighted by atomic mass is 9.81. The highest BCUT2D eigenvalue weighted by Gasteiger charge is 2.25. The number of esters is 1. The molecule has 156 valence electrons. The Labute approximate surface area is 172 Å². The molecule has 0 aliphatic rings. The van der Waals surface area contributed by atoms with Gasteiger partial charge in [0.25, 0.3) is 0 Å². The first-order valence-electron chi connectivity index (χ1n) is 9.90. The van der Waals surface area contributed by atoms with Gasteiger partial charge < -0.3 is 14.7 Å². The van der Waals surface area contributed by atoms with Crippen LogP contribution in [0, 0.1) is 5.41 Å². The third kappa shape index (κ3) is 7.49. The summed E-state index contributed by atoms with van der Waals surface area (Å²) in [5, 5.41) is 12.8. The van der Waals surface area contributed by atoms with Crippen molar-refractivity contribution in [2.45, 2.75) is 33.1 Å². The van der Waals surface area contributed by atoms with Gasteiger partial charge in [0.1, 0.15) is 11.9 Å². The van der Waals surface area contributed by atoms with E-state index in [4.69, 9.17) is 9.47 Å². The van der Waals surface area contributed by atoms with E-state index in [-0.39, 0.29) is 11.4 Å². The van der Waals surface area contributed by atoms with Crippen molar-refractivity contribution in [2.75, 3.05) is 25.1 Å². The molecule has 0 saturated heterocycles. The van der Waals surface area contributed by atoms with Crippen molar-refractivity contribution in [3.05, 3.63) is 66.9 Å². The third-order valence-electron chi connectivity index (χ3n) is 4.61. The number of ether oxygens (including phenoxy) is 2. The molecule has 0 fully saturated rings. The van der Waals surface area contributed by atoms with Crippen LogP contribution in [0.1, 0.15) is 32.3 Å². The van der Waals surface area contributed by atoms with Gasteiger partial charge in [-0.25, -0.2) is 0 Å². The van der Waals surface area contributed by atoms with E-state index in [1.807, 2.05) is 50.3 Å². The number of aromatic nitrogens is 1. The molecule has 1 aromatic heterocycles. The van der Waals surface area contributed by atoms with Gasteiger partial charge in [0.15, 0.2) is 0 Å². The summed E-state index contributed by atoms with van der Waals surface area (Å²) >= 11 is 0. The van der Waals surface area contributed by atoms with Crippen LogP contribution in [0.15, 0.2) is 61.3 Å². The summed E-state index contributed by atoms with van der Waals surface area (Å²) in [6.07, 6.45) is 5.21. The Morgan fingerprint density at radius 2 is 2.03 bits per heavy atom. The highest BCUT2D eigenvalue weighted by molar-refractivity contribution is 5.70. The first-order chi connectivity index (χ1) is 14.0. The number of hydrogen-bond acceptors (Lipinski definition) is 5. The molecule has 2 aromatic rings. The van der Waals surface area contributed by atoms with Gasteiger partial charge >= 0.3 is 11.8 Å². The number of nitrogens with zero attached hydrogens (tertiary/aromatic N) is 1. The first kappa shape index (κ1) is 22.3. The van der Waals surface area contributed by atoms with Gasteiger partial charge in [-0.2, -0.15) is 0 Å². The molecule has 29 heavy (non-hydrogen) atoms. The summed E-state index contributed by atoms with van der Waals surface area (Å²) in [6.45, 7) is 9.35. The Morgan fingerprint density at radius 3 is 2.69 bits per heavy atom. The fraction of sp³-hybridized carbons (Fsp3) is 0.391. The molecule has 0 saturated carbocycles. The third-order valence-corrected chi connectivity index (χ3v) is 4.61. The second-order valence-corrected chi connectivity index (χ2v) is 7.22. The fourth-order valence-electron chi connectivity index (χ4n) is 2.97. The van der Waals surface area contributed by atoms with Gasteiger partial charge in [0.05, 0.1) is 26.2 Å². The van der Waals surface area contributed by atoms with Gasteiger partial charge in [-0.1, -0.05) is 35.9 Å². The largest absolute Gasteiger partial charge is 0.493 e. The zero-order valence-corrected chi connectivity index (χ0v) is 17.3. The number of benzene rings is 1. The zero-order chi connectivity index (χ0) is 21.1. The summed E-state index contributed by atoms with van der Waals surface area (Å²) in [5.74, 6) is 1.24. The van der Waals surface area contributed by atoms with Crippen LogP contribution in [0.25, 0.3) is 0 Å². The van der Waals surface area contributed by atoms with Crippen molar-refractivity contribution in [1.82, 2.24) is 0 Å². The minimum absolute atomic E-state index is 0.203. The Balaban J connectivity index is 1.77. The summed E-state index contributed by atoms with van der Waals surface area (Å²) in [6, 6.07) is 13.3. The predicted molar refractivity (Wildman–Crippen MR) is 112 cm³/mol. The normalized spacial score (nSPS) is 12.6. The van der Waals surface area contributed by atoms with Crippen molar-refractivity contribution in [3.8, 4) is 5.75 Å². The highest BCUT2D eigenvalue weighted by Crippen LogP contribution is 2.29. The van der Waals surface area contributed by atoms with Gasteiger partial charge in [-0.05, 0) is 42.5 Å². The molecule has 0 aliphatic carbocycles. The minimum Gasteiger partial charge on any atom is -0.493 e. The van der Waals surface area contributed by atoms with Crippen LogP contribution >= 0.6 is 0 Å². The molecule has 1 atom stereocenters. The van der Waals surface area contributed by atoms with Crippen LogP contribution in [0.2, 0.25) is 0 Å². The van der Waals surface area contributed by atoms with E-state index in [1.165, 1.54) is 0 Å². The molecular weight excluding hydrogens is 368 g/mol. The van der Waals surface area contributed by atoms with Gasteiger partial charge in [0, 0.05) is 12.5 Å². The molecule has 1 unspecified atom stereocenters. The Hall–Kier alpha value is -3.02. The number of carbonyl (C=O) groups is 1. The number of carbonyl (C=O) groups excluding carboxylic acids is 1. The molecule has 2 N–H and O–H groups in total. The number of pyridine rings is 1. The lowest BCUT2D eigenvalue weighted by Crippen LogP contribution is -2.33. The van der Waals surface area contributed by atoms with Crippen molar-refractivity contribution in [3.63, 3.8) is 0 Å². The maximum absolute atomic E-state index is 11.8. The van der Waals surface area contributed by atoms with Crippen LogP contribution in [0.4, 0.5) is 5.82 Å². The number of rotatable bonds is 12. The number of hydrogen-bond donors (Lipinski definition) is 2. The quantitative estimate of drug-likeness (QED) is 0.187. The smallest absolute Gasteiger partial charge is 0.313 e. The van der Waals surface area contributed by atoms with E-state index in [2.05, 4.69) is 11.9 Å². The summed E-state index contributed by atoms with van der Waals surface area (Å²) in [4.78, 5) is 11.8. The van der Waals surface area contributed by atoms with Gasteiger partial charge in [-0.15, -0.1) is 6.58 Å². The van der Waals surface area contributed by atoms with E-state index >= 15 is 0 Å². The van der Waals surface area contributed by atoms with Crippen molar-refractivity contribution in [2.24, 2.45) is 5.41 Å². The summed E-state index contributed by atoms with van der Waals surface area (Å²) in [5.41, 5.74) is 0.767. The molecule has 0 spiro atoms. The van der Waals surface area contributed by atoms with Gasteiger partial charge in [0.2, 0.25) is 0 Å². The Bertz CT molecular complexity index is 792. The minimum atomic E-state index is -0.346. The van der Waals surface area contributed by atoms with E-state index in [0.717, 1.165) is 22.5 Å². The Morgan fingerprint density at radius 1 is 1.28 bits per heavy atom. The topological polar surface area (TPSA) is 71.7 Å². The van der Waals surface area contributed by atoms with E-state index in [0.29, 0.717) is 38.4 Å². The highest BCUT2D eigenvalue weighted by atomic mass is 16.5. The molecule has 6 heteroatoms. The van der Waals surface area contributed by atoms with Crippen molar-refractivity contribution < 1.29 is 24.2 Å². The van der Waals surface area contributed by atoms with Crippen LogP contribution in [0.3, 0.4) is 0 Å². The zero-order valence-electron chi connectivity index (χ0n) is 17.3. The first-order valence-corrected chi connectivity index (χ1v) is 9.90. The lowest BCUT2D eigenvalue weighted by molar-refractivity contribution is -0.893. The van der Waals surface area contributed by atoms with Crippen LogP contribution in [-0.4, -0.2) is 30.9 Å². The standard InChI is InChI=1S/C23H30N2O4/c1-4-23(3,18-22(26)28-5-2)17-19-10-12-20(13-11-19)29-16-8-14-24-21-9-6-7-15-25(21)27/h4,6-7,9-13,15,27H,1,5,8,14,16-18H2,2-3H3/p+1. The second kappa shape index (κ2) is 11.1. The van der Waals surface area contributed by atoms with Crippen molar-refractivity contribution in [1.29, 1.82) is 0 Å². The molecular formula is C23H31N2O4+. The average Bonchev–Trinajstić information content (AvgIpc) is 2.70. The number of allylic oxidation sites excluding steroid dienone is 1. The average molecular weight is 400 g/mol. The second-order valence-electron chi connectivity index (χ2n) is 7.22. The maximum atomic E-state index is 11.8. The molecule has 2 rings (SSSR count). The van der Waals surface area contributed by atoms with Crippen LogP contribution in [0.5, 0.6) is 5.75 Å². The maximum Gasteiger partial charge on any atom is 0.313 e. The van der Waals surface area contributed by atoms with Crippen LogP contribution in [-0.2, 0) is 16.0 Å². The summed E-state index contributed by atoms with van der Waals surface area (Å²) < 4.78 is 11.9. The van der Waals surface area contributed by atoms with Crippen molar-refractivity contribution >= 4 is 11.8 Å². The molecule has 6 nitrogen and oxygen atoms in total. The number of anilines is 1. The molecule has 1 heterocycles. The molecule has 0 aliphatic heterocycles. The summed E-state index contributed by atoms with van der Waals surface area (Å²) in [7, 11) is 0. The molecule has 1 aromatic carbocycles. The SMILES string of the molecule is C=CC(C)(CC(=O)OCC)Cc1ccc(OCCCNc2cccc[n+]2O)cc1. The van der Waals surface area contributed by atoms with E-state index in [1.54, 1.807) is 18.3 Å². The molecule has 0 amide bonds. The monoisotopic (exact) mass is 399 g/mol. The number of nitrogens with one attached hydrogen (secondary N) is 1. The van der Waals surface area contributed by atoms with Gasteiger partial charge in [-0.3, -0.25) is 10.1 Å². The Kier molecular flexibility index (Phi) is 8.52.